The van der Waals surface area contributed by atoms with E-state index in [1.54, 1.807) is 55.5 Å². The summed E-state index contributed by atoms with van der Waals surface area (Å²) in [7, 11) is 0. The minimum absolute atomic E-state index is 0.00903. The predicted molar refractivity (Wildman–Crippen MR) is 121 cm³/mol. The molecular formula is C23H20Cl2N2O4. The van der Waals surface area contributed by atoms with Crippen LogP contribution in [0.5, 0.6) is 0 Å². The molecule has 160 valence electrons. The maximum absolute atomic E-state index is 13.2. The van der Waals surface area contributed by atoms with Crippen LogP contribution in [0.2, 0.25) is 10.0 Å². The number of Topliss-reactive ketones (excluding diaryl/α,β-unsaturated/α-hetero) is 1. The molecule has 31 heavy (non-hydrogen) atoms. The van der Waals surface area contributed by atoms with Gasteiger partial charge in [-0.05, 0) is 43.2 Å². The Labute approximate surface area is 189 Å². The number of benzene rings is 2. The molecule has 1 aromatic heterocycles. The van der Waals surface area contributed by atoms with E-state index in [-0.39, 0.29) is 18.5 Å². The fourth-order valence-electron chi connectivity index (χ4n) is 3.20. The normalized spacial score (nSPS) is 11.9. The zero-order valence-corrected chi connectivity index (χ0v) is 18.4. The van der Waals surface area contributed by atoms with E-state index in [1.807, 2.05) is 0 Å². The van der Waals surface area contributed by atoms with E-state index in [4.69, 9.17) is 28.3 Å². The van der Waals surface area contributed by atoms with Crippen molar-refractivity contribution in [3.8, 4) is 22.4 Å². The molecule has 6 nitrogen and oxygen atoms in total. The van der Waals surface area contributed by atoms with Gasteiger partial charge < -0.3 is 5.11 Å². The van der Waals surface area contributed by atoms with Crippen LogP contribution in [0.15, 0.2) is 53.3 Å². The number of carbonyl (C=O) groups excluding carboxylic acids is 1. The van der Waals surface area contributed by atoms with Gasteiger partial charge in [0.1, 0.15) is 0 Å². The van der Waals surface area contributed by atoms with Crippen LogP contribution in [0, 0.1) is 5.92 Å². The predicted octanol–water partition coefficient (Wildman–Crippen LogP) is 5.20. The van der Waals surface area contributed by atoms with Crippen LogP contribution in [-0.2, 0) is 11.3 Å². The van der Waals surface area contributed by atoms with Gasteiger partial charge in [-0.25, -0.2) is 4.68 Å². The van der Waals surface area contributed by atoms with Gasteiger partial charge in [-0.3, -0.25) is 14.4 Å². The van der Waals surface area contributed by atoms with Crippen LogP contribution < -0.4 is 5.56 Å². The SMILES string of the molecule is CC(=O)c1c(-c2ccc(Cl)cc2)c(-c2ccc(Cl)cc2)nn(CCC(C)C(=O)O)c1=O. The molecule has 0 saturated heterocycles. The van der Waals surface area contributed by atoms with E-state index in [9.17, 15) is 14.4 Å². The molecule has 2 aromatic carbocycles. The molecule has 3 aromatic rings. The highest BCUT2D eigenvalue weighted by Crippen LogP contribution is 2.33. The van der Waals surface area contributed by atoms with E-state index in [0.29, 0.717) is 32.4 Å². The van der Waals surface area contributed by atoms with Crippen molar-refractivity contribution < 1.29 is 14.7 Å². The first-order valence-corrected chi connectivity index (χ1v) is 10.4. The van der Waals surface area contributed by atoms with E-state index in [2.05, 4.69) is 5.10 Å². The highest BCUT2D eigenvalue weighted by atomic mass is 35.5. The molecule has 0 saturated carbocycles. The highest BCUT2D eigenvalue weighted by Gasteiger charge is 2.23. The molecule has 0 amide bonds. The summed E-state index contributed by atoms with van der Waals surface area (Å²) >= 11 is 12.0. The summed E-state index contributed by atoms with van der Waals surface area (Å²) in [5.41, 5.74) is 1.54. The molecule has 0 aliphatic heterocycles. The van der Waals surface area contributed by atoms with Gasteiger partial charge in [0.25, 0.3) is 5.56 Å². The number of hydrogen-bond acceptors (Lipinski definition) is 4. The summed E-state index contributed by atoms with van der Waals surface area (Å²) < 4.78 is 1.17. The first-order valence-electron chi connectivity index (χ1n) is 9.59. The Morgan fingerprint density at radius 3 is 2.00 bits per heavy atom. The molecular weight excluding hydrogens is 439 g/mol. The summed E-state index contributed by atoms with van der Waals surface area (Å²) in [4.78, 5) is 36.9. The van der Waals surface area contributed by atoms with E-state index in [0.717, 1.165) is 0 Å². The second kappa shape index (κ2) is 9.45. The van der Waals surface area contributed by atoms with Gasteiger partial charge in [-0.1, -0.05) is 54.4 Å². The maximum atomic E-state index is 13.2. The maximum Gasteiger partial charge on any atom is 0.306 e. The van der Waals surface area contributed by atoms with Crippen molar-refractivity contribution >= 4 is 35.0 Å². The van der Waals surface area contributed by atoms with Gasteiger partial charge in [0.15, 0.2) is 5.78 Å². The third-order valence-electron chi connectivity index (χ3n) is 4.95. The molecule has 3 rings (SSSR count). The zero-order valence-electron chi connectivity index (χ0n) is 16.9. The Bertz CT molecular complexity index is 1190. The van der Waals surface area contributed by atoms with E-state index < -0.39 is 23.2 Å². The average molecular weight is 459 g/mol. The summed E-state index contributed by atoms with van der Waals surface area (Å²) in [6.07, 6.45) is 0.194. The fourth-order valence-corrected chi connectivity index (χ4v) is 3.45. The molecule has 0 spiro atoms. The number of carbonyl (C=O) groups is 2. The molecule has 8 heteroatoms. The second-order valence-corrected chi connectivity index (χ2v) is 8.10. The standard InChI is InChI=1S/C23H20Cl2N2O4/c1-13(23(30)31)11-12-27-22(29)19(14(2)28)20(15-3-7-17(24)8-4-15)21(26-27)16-5-9-18(25)10-6-16/h3-10,13H,11-12H2,1-2H3,(H,30,31). The Morgan fingerprint density at radius 1 is 1.00 bits per heavy atom. The zero-order chi connectivity index (χ0) is 22.7. The Morgan fingerprint density at radius 2 is 1.52 bits per heavy atom. The number of nitrogens with zero attached hydrogens (tertiary/aromatic N) is 2. The number of aromatic nitrogens is 2. The monoisotopic (exact) mass is 458 g/mol. The largest absolute Gasteiger partial charge is 0.481 e. The molecule has 1 atom stereocenters. The Hall–Kier alpha value is -2.96. The van der Waals surface area contributed by atoms with Gasteiger partial charge in [-0.2, -0.15) is 5.10 Å². The van der Waals surface area contributed by atoms with Crippen molar-refractivity contribution in [2.24, 2.45) is 5.92 Å². The minimum atomic E-state index is -0.962. The van der Waals surface area contributed by atoms with Gasteiger partial charge >= 0.3 is 5.97 Å². The van der Waals surface area contributed by atoms with Gasteiger partial charge in [0.2, 0.25) is 0 Å². The van der Waals surface area contributed by atoms with Crippen molar-refractivity contribution in [2.45, 2.75) is 26.8 Å². The summed E-state index contributed by atoms with van der Waals surface area (Å²) in [6.45, 7) is 2.95. The first kappa shape index (κ1) is 22.7. The van der Waals surface area contributed by atoms with E-state index in [1.165, 1.54) is 11.6 Å². The first-order chi connectivity index (χ1) is 14.7. The van der Waals surface area contributed by atoms with E-state index >= 15 is 0 Å². The quantitative estimate of drug-likeness (QED) is 0.491. The lowest BCUT2D eigenvalue weighted by molar-refractivity contribution is -0.141. The number of ketones is 1. The summed E-state index contributed by atoms with van der Waals surface area (Å²) in [5.74, 6) is -2.03. The van der Waals surface area contributed by atoms with Crippen LogP contribution in [0.3, 0.4) is 0 Å². The van der Waals surface area contributed by atoms with Crippen molar-refractivity contribution in [3.05, 3.63) is 74.5 Å². The number of aryl methyl sites for hydroxylation is 1. The van der Waals surface area contributed by atoms with Crippen LogP contribution in [-0.4, -0.2) is 26.6 Å². The number of aliphatic carboxylic acids is 1. The minimum Gasteiger partial charge on any atom is -0.481 e. The average Bonchev–Trinajstić information content (AvgIpc) is 2.73. The van der Waals surface area contributed by atoms with Gasteiger partial charge in [0, 0.05) is 27.7 Å². The summed E-state index contributed by atoms with van der Waals surface area (Å²) in [5, 5.41) is 14.7. The lowest BCUT2D eigenvalue weighted by atomic mass is 9.94. The van der Waals surface area contributed by atoms with Crippen LogP contribution >= 0.6 is 23.2 Å². The van der Waals surface area contributed by atoms with Crippen molar-refractivity contribution in [2.75, 3.05) is 0 Å². The van der Waals surface area contributed by atoms with Crippen molar-refractivity contribution in [3.63, 3.8) is 0 Å². The van der Waals surface area contributed by atoms with Gasteiger partial charge in [-0.15, -0.1) is 0 Å². The topological polar surface area (TPSA) is 89.3 Å². The second-order valence-electron chi connectivity index (χ2n) is 7.22. The number of carboxylic acid groups (broad SMARTS) is 1. The highest BCUT2D eigenvalue weighted by molar-refractivity contribution is 6.31. The number of carboxylic acids is 1. The molecule has 1 N–H and O–H groups in total. The lowest BCUT2D eigenvalue weighted by Gasteiger charge is -2.17. The molecule has 0 aliphatic rings. The number of rotatable bonds is 7. The molecule has 1 unspecified atom stereocenters. The summed E-state index contributed by atoms with van der Waals surface area (Å²) in [6, 6.07) is 13.7. The van der Waals surface area contributed by atoms with Crippen molar-refractivity contribution in [1.29, 1.82) is 0 Å². The molecule has 0 bridgehead atoms. The van der Waals surface area contributed by atoms with Crippen LogP contribution in [0.4, 0.5) is 0 Å². The smallest absolute Gasteiger partial charge is 0.306 e. The van der Waals surface area contributed by atoms with Crippen LogP contribution in [0.1, 0.15) is 30.6 Å². The Balaban J connectivity index is 2.29. The molecule has 0 radical (unpaired) electrons. The molecule has 0 fully saturated rings. The molecule has 1 heterocycles. The third kappa shape index (κ3) is 5.03. The molecule has 0 aliphatic carbocycles. The van der Waals surface area contributed by atoms with Crippen LogP contribution in [0.25, 0.3) is 22.4 Å². The van der Waals surface area contributed by atoms with Gasteiger partial charge in [0.05, 0.1) is 17.2 Å². The lowest BCUT2D eigenvalue weighted by Crippen LogP contribution is -2.31. The fraction of sp³-hybridized carbons (Fsp3) is 0.217. The number of hydrogen-bond donors (Lipinski definition) is 1. The van der Waals surface area contributed by atoms with Crippen molar-refractivity contribution in [1.82, 2.24) is 9.78 Å². The number of halogens is 2. The Kier molecular flexibility index (Phi) is 6.93. The third-order valence-corrected chi connectivity index (χ3v) is 5.46.